The molecule has 0 N–H and O–H groups in total. The molecule has 3 heteroatoms. The first-order valence-corrected chi connectivity index (χ1v) is 14.8. The summed E-state index contributed by atoms with van der Waals surface area (Å²) in [5.74, 6) is 1.95. The molecule has 1 heterocycles. The van der Waals surface area contributed by atoms with Crippen LogP contribution >= 0.6 is 0 Å². The highest BCUT2D eigenvalue weighted by Gasteiger charge is 2.15. The minimum atomic E-state index is 0.648. The molecule has 0 atom stereocenters. The van der Waals surface area contributed by atoms with Gasteiger partial charge in [0.2, 0.25) is 0 Å². The Kier molecular flexibility index (Phi) is 6.47. The van der Waals surface area contributed by atoms with Crippen molar-refractivity contribution in [2.45, 2.75) is 0 Å². The number of fused-ring (bicyclic) bond motifs is 2. The summed E-state index contributed by atoms with van der Waals surface area (Å²) < 4.78 is 0. The van der Waals surface area contributed by atoms with E-state index in [1.54, 1.807) is 0 Å². The van der Waals surface area contributed by atoms with Crippen molar-refractivity contribution in [1.82, 2.24) is 15.0 Å². The van der Waals surface area contributed by atoms with Gasteiger partial charge in [0, 0.05) is 16.7 Å². The molecule has 0 amide bonds. The Hall–Kier alpha value is -5.93. The molecule has 0 unspecified atom stereocenters. The predicted octanol–water partition coefficient (Wildman–Crippen LogP) is 10.5. The van der Waals surface area contributed by atoms with Gasteiger partial charge in [-0.1, -0.05) is 146 Å². The van der Waals surface area contributed by atoms with Gasteiger partial charge in [-0.25, -0.2) is 15.0 Å². The number of rotatable bonds is 5. The summed E-state index contributed by atoms with van der Waals surface area (Å²) in [6.07, 6.45) is 0. The minimum Gasteiger partial charge on any atom is -0.208 e. The quantitative estimate of drug-likeness (QED) is 0.210. The average molecular weight is 562 g/mol. The molecule has 44 heavy (non-hydrogen) atoms. The van der Waals surface area contributed by atoms with Crippen molar-refractivity contribution >= 4 is 21.5 Å². The second-order valence-corrected chi connectivity index (χ2v) is 10.9. The Labute approximate surface area is 256 Å². The van der Waals surface area contributed by atoms with E-state index in [1.807, 2.05) is 36.4 Å². The SMILES string of the molecule is c1ccc(-c2cccc(-c3nc(-c4ccccc4)nc(-c4cccc5ccc(-c6ccc7ccccc7c6)cc45)n3)c2)cc1. The summed E-state index contributed by atoms with van der Waals surface area (Å²) >= 11 is 0. The summed E-state index contributed by atoms with van der Waals surface area (Å²) in [6.45, 7) is 0. The van der Waals surface area contributed by atoms with Gasteiger partial charge in [0.1, 0.15) is 0 Å². The normalized spacial score (nSPS) is 11.2. The van der Waals surface area contributed by atoms with Gasteiger partial charge in [0.15, 0.2) is 17.5 Å². The lowest BCUT2D eigenvalue weighted by atomic mass is 9.96. The molecule has 0 fully saturated rings. The first-order chi connectivity index (χ1) is 21.8. The lowest BCUT2D eigenvalue weighted by Gasteiger charge is -2.12. The van der Waals surface area contributed by atoms with Crippen LogP contribution in [0.1, 0.15) is 0 Å². The first-order valence-electron chi connectivity index (χ1n) is 14.8. The largest absolute Gasteiger partial charge is 0.208 e. The summed E-state index contributed by atoms with van der Waals surface area (Å²) in [5.41, 5.74) is 7.49. The van der Waals surface area contributed by atoms with Crippen molar-refractivity contribution in [1.29, 1.82) is 0 Å². The van der Waals surface area contributed by atoms with Crippen LogP contribution in [0.15, 0.2) is 164 Å². The topological polar surface area (TPSA) is 38.7 Å². The first kappa shape index (κ1) is 25.8. The second-order valence-electron chi connectivity index (χ2n) is 10.9. The molecule has 0 bridgehead atoms. The van der Waals surface area contributed by atoms with E-state index in [0.29, 0.717) is 17.5 Å². The van der Waals surface area contributed by atoms with Crippen LogP contribution in [-0.4, -0.2) is 15.0 Å². The van der Waals surface area contributed by atoms with E-state index in [1.165, 1.54) is 16.3 Å². The third-order valence-corrected chi connectivity index (χ3v) is 8.10. The zero-order valence-electron chi connectivity index (χ0n) is 23.9. The van der Waals surface area contributed by atoms with Gasteiger partial charge in [0.05, 0.1) is 0 Å². The van der Waals surface area contributed by atoms with Crippen LogP contribution in [0.5, 0.6) is 0 Å². The van der Waals surface area contributed by atoms with E-state index in [9.17, 15) is 0 Å². The fourth-order valence-electron chi connectivity index (χ4n) is 5.83. The van der Waals surface area contributed by atoms with Crippen LogP contribution < -0.4 is 0 Å². The molecule has 8 rings (SSSR count). The van der Waals surface area contributed by atoms with Gasteiger partial charge in [0.25, 0.3) is 0 Å². The molecule has 0 saturated heterocycles. The number of hydrogen-bond donors (Lipinski definition) is 0. The highest BCUT2D eigenvalue weighted by molar-refractivity contribution is 5.99. The number of benzene rings is 7. The third-order valence-electron chi connectivity index (χ3n) is 8.10. The van der Waals surface area contributed by atoms with Crippen molar-refractivity contribution in [2.75, 3.05) is 0 Å². The van der Waals surface area contributed by atoms with Crippen molar-refractivity contribution < 1.29 is 0 Å². The molecular weight excluding hydrogens is 534 g/mol. The Morgan fingerprint density at radius 3 is 1.59 bits per heavy atom. The molecule has 7 aromatic carbocycles. The predicted molar refractivity (Wildman–Crippen MR) is 182 cm³/mol. The highest BCUT2D eigenvalue weighted by Crippen LogP contribution is 2.34. The summed E-state index contributed by atoms with van der Waals surface area (Å²) in [5, 5.41) is 4.71. The maximum Gasteiger partial charge on any atom is 0.164 e. The van der Waals surface area contributed by atoms with E-state index in [0.717, 1.165) is 44.2 Å². The molecule has 0 spiro atoms. The average Bonchev–Trinajstić information content (AvgIpc) is 3.11. The van der Waals surface area contributed by atoms with Gasteiger partial charge in [-0.2, -0.15) is 0 Å². The van der Waals surface area contributed by atoms with Crippen LogP contribution in [-0.2, 0) is 0 Å². The Balaban J connectivity index is 1.30. The monoisotopic (exact) mass is 561 g/mol. The van der Waals surface area contributed by atoms with E-state index in [2.05, 4.69) is 127 Å². The number of aromatic nitrogens is 3. The maximum atomic E-state index is 5.11. The molecule has 1 aromatic heterocycles. The van der Waals surface area contributed by atoms with Crippen LogP contribution in [0.3, 0.4) is 0 Å². The standard InChI is InChI=1S/C41H27N3/c1-3-11-28(12-4-1)33-18-9-19-36(26-33)40-42-39(31-14-5-2-6-15-31)43-41(44-40)37-20-10-17-30-22-24-35(27-38(30)37)34-23-21-29-13-7-8-16-32(29)25-34/h1-27H. The number of nitrogens with zero attached hydrogens (tertiary/aromatic N) is 3. The third kappa shape index (κ3) is 4.91. The molecule has 0 aliphatic rings. The molecule has 0 saturated carbocycles. The van der Waals surface area contributed by atoms with Gasteiger partial charge in [-0.05, 0) is 62.0 Å². The van der Waals surface area contributed by atoms with Crippen LogP contribution in [0.25, 0.3) is 78.0 Å². The van der Waals surface area contributed by atoms with Crippen molar-refractivity contribution in [3.8, 4) is 56.4 Å². The molecule has 0 aliphatic heterocycles. The van der Waals surface area contributed by atoms with Gasteiger partial charge in [-0.15, -0.1) is 0 Å². The summed E-state index contributed by atoms with van der Waals surface area (Å²) in [7, 11) is 0. The van der Waals surface area contributed by atoms with Gasteiger partial charge >= 0.3 is 0 Å². The summed E-state index contributed by atoms with van der Waals surface area (Å²) in [4.78, 5) is 15.1. The molecule has 0 aliphatic carbocycles. The van der Waals surface area contributed by atoms with E-state index >= 15 is 0 Å². The lowest BCUT2D eigenvalue weighted by Crippen LogP contribution is -2.00. The molecule has 3 nitrogen and oxygen atoms in total. The number of hydrogen-bond acceptors (Lipinski definition) is 3. The Bertz CT molecular complexity index is 2270. The van der Waals surface area contributed by atoms with Crippen molar-refractivity contribution in [3.63, 3.8) is 0 Å². The Morgan fingerprint density at radius 2 is 0.795 bits per heavy atom. The van der Waals surface area contributed by atoms with Crippen LogP contribution in [0.4, 0.5) is 0 Å². The Morgan fingerprint density at radius 1 is 0.273 bits per heavy atom. The van der Waals surface area contributed by atoms with E-state index in [-0.39, 0.29) is 0 Å². The van der Waals surface area contributed by atoms with Gasteiger partial charge < -0.3 is 0 Å². The second kappa shape index (κ2) is 11.0. The zero-order chi connectivity index (χ0) is 29.3. The van der Waals surface area contributed by atoms with E-state index < -0.39 is 0 Å². The molecular formula is C41H27N3. The highest BCUT2D eigenvalue weighted by atomic mass is 15.0. The summed E-state index contributed by atoms with van der Waals surface area (Å²) in [6, 6.07) is 57.0. The fraction of sp³-hybridized carbons (Fsp3) is 0. The molecule has 206 valence electrons. The maximum absolute atomic E-state index is 5.11. The molecule has 0 radical (unpaired) electrons. The fourth-order valence-corrected chi connectivity index (χ4v) is 5.83. The van der Waals surface area contributed by atoms with Crippen molar-refractivity contribution in [3.05, 3.63) is 164 Å². The van der Waals surface area contributed by atoms with Crippen LogP contribution in [0, 0.1) is 0 Å². The van der Waals surface area contributed by atoms with E-state index in [4.69, 9.17) is 15.0 Å². The zero-order valence-corrected chi connectivity index (χ0v) is 23.9. The van der Waals surface area contributed by atoms with Crippen LogP contribution in [0.2, 0.25) is 0 Å². The molecule has 8 aromatic rings. The minimum absolute atomic E-state index is 0.648. The van der Waals surface area contributed by atoms with Gasteiger partial charge in [-0.3, -0.25) is 0 Å². The smallest absolute Gasteiger partial charge is 0.164 e. The lowest BCUT2D eigenvalue weighted by molar-refractivity contribution is 1.08. The van der Waals surface area contributed by atoms with Crippen molar-refractivity contribution in [2.24, 2.45) is 0 Å².